The number of fused-ring (bicyclic) bond motifs is 1. The summed E-state index contributed by atoms with van der Waals surface area (Å²) < 4.78 is 19.5. The number of aromatic nitrogens is 1. The van der Waals surface area contributed by atoms with Gasteiger partial charge in [-0.05, 0) is 63.6 Å². The summed E-state index contributed by atoms with van der Waals surface area (Å²) in [5.74, 6) is 0.549. The molecule has 11 heteroatoms. The van der Waals surface area contributed by atoms with Crippen molar-refractivity contribution in [3.05, 3.63) is 131 Å². The lowest BCUT2D eigenvalue weighted by atomic mass is 9.95. The van der Waals surface area contributed by atoms with Crippen molar-refractivity contribution in [2.24, 2.45) is 4.99 Å². The Bertz CT molecular complexity index is 1920. The number of rotatable bonds is 10. The number of thiazole rings is 1. The van der Waals surface area contributed by atoms with Gasteiger partial charge in [0.05, 0.1) is 33.4 Å². The number of esters is 1. The van der Waals surface area contributed by atoms with Gasteiger partial charge in [-0.2, -0.15) is 0 Å². The van der Waals surface area contributed by atoms with Crippen LogP contribution in [0.3, 0.4) is 0 Å². The lowest BCUT2D eigenvalue weighted by Gasteiger charge is -2.26. The van der Waals surface area contributed by atoms with E-state index in [1.165, 1.54) is 28.0 Å². The van der Waals surface area contributed by atoms with Gasteiger partial charge in [-0.3, -0.25) is 19.5 Å². The maximum absolute atomic E-state index is 14.1. The van der Waals surface area contributed by atoms with E-state index in [0.29, 0.717) is 37.7 Å². The first kappa shape index (κ1) is 30.4. The summed E-state index contributed by atoms with van der Waals surface area (Å²) in [6.45, 7) is 7.65. The van der Waals surface area contributed by atoms with Crippen LogP contribution in [0.5, 0.6) is 11.5 Å². The Labute approximate surface area is 257 Å². The monoisotopic (exact) mass is 613 g/mol. The maximum atomic E-state index is 14.1. The number of non-ortho nitro benzene ring substituents is 1. The fourth-order valence-corrected chi connectivity index (χ4v) is 5.94. The smallest absolute Gasteiger partial charge is 0.338 e. The normalized spacial score (nSPS) is 14.7. The molecule has 0 fully saturated rings. The molecule has 0 saturated heterocycles. The van der Waals surface area contributed by atoms with Crippen LogP contribution in [0.25, 0.3) is 6.08 Å². The minimum atomic E-state index is -0.809. The fraction of sp³-hybridized carbons (Fsp3) is 0.242. The molecule has 226 valence electrons. The van der Waals surface area contributed by atoms with E-state index in [0.717, 1.165) is 5.56 Å². The third kappa shape index (κ3) is 6.32. The number of carbonyl (C=O) groups is 1. The highest BCUT2D eigenvalue weighted by atomic mass is 32.1. The quantitative estimate of drug-likeness (QED) is 0.139. The van der Waals surface area contributed by atoms with Gasteiger partial charge in [-0.25, -0.2) is 9.79 Å². The largest absolute Gasteiger partial charge is 0.491 e. The van der Waals surface area contributed by atoms with Crippen LogP contribution in [-0.4, -0.2) is 28.2 Å². The van der Waals surface area contributed by atoms with E-state index in [2.05, 4.69) is 4.99 Å². The lowest BCUT2D eigenvalue weighted by molar-refractivity contribution is -0.384. The summed E-state index contributed by atoms with van der Waals surface area (Å²) >= 11 is 1.22. The molecule has 0 saturated carbocycles. The third-order valence-corrected chi connectivity index (χ3v) is 7.82. The second-order valence-electron chi connectivity index (χ2n) is 10.3. The molecule has 0 aliphatic carbocycles. The highest BCUT2D eigenvalue weighted by molar-refractivity contribution is 7.07. The van der Waals surface area contributed by atoms with Crippen molar-refractivity contribution < 1.29 is 23.9 Å². The molecular formula is C33H31N3O7S. The van der Waals surface area contributed by atoms with Crippen LogP contribution in [0.4, 0.5) is 5.69 Å². The second-order valence-corrected chi connectivity index (χ2v) is 11.3. The van der Waals surface area contributed by atoms with Crippen molar-refractivity contribution in [3.8, 4) is 11.5 Å². The molecule has 5 rings (SSSR count). The molecule has 0 amide bonds. The molecule has 10 nitrogen and oxygen atoms in total. The zero-order valence-electron chi connectivity index (χ0n) is 24.7. The highest BCUT2D eigenvalue weighted by Crippen LogP contribution is 2.36. The summed E-state index contributed by atoms with van der Waals surface area (Å²) in [7, 11) is 0. The molecular weight excluding hydrogens is 582 g/mol. The van der Waals surface area contributed by atoms with Crippen molar-refractivity contribution in [2.75, 3.05) is 6.61 Å². The maximum Gasteiger partial charge on any atom is 0.338 e. The van der Waals surface area contributed by atoms with Crippen LogP contribution >= 0.6 is 11.3 Å². The van der Waals surface area contributed by atoms with Crippen molar-refractivity contribution in [1.29, 1.82) is 0 Å². The highest BCUT2D eigenvalue weighted by Gasteiger charge is 2.35. The topological polar surface area (TPSA) is 122 Å². The molecule has 4 aromatic rings. The Morgan fingerprint density at radius 3 is 2.43 bits per heavy atom. The predicted molar refractivity (Wildman–Crippen MR) is 166 cm³/mol. The molecule has 1 aliphatic heterocycles. The molecule has 44 heavy (non-hydrogen) atoms. The average Bonchev–Trinajstić information content (AvgIpc) is 3.30. The predicted octanol–water partition coefficient (Wildman–Crippen LogP) is 5.07. The Morgan fingerprint density at radius 2 is 1.75 bits per heavy atom. The van der Waals surface area contributed by atoms with E-state index < -0.39 is 16.9 Å². The number of para-hydroxylation sites is 2. The number of allylic oxidation sites excluding steroid dienone is 1. The second kappa shape index (κ2) is 13.1. The number of hydrogen-bond donors (Lipinski definition) is 0. The molecule has 1 aliphatic rings. The Hall–Kier alpha value is -5.03. The van der Waals surface area contributed by atoms with Crippen LogP contribution in [0.1, 0.15) is 50.4 Å². The van der Waals surface area contributed by atoms with Gasteiger partial charge >= 0.3 is 5.97 Å². The van der Waals surface area contributed by atoms with Crippen molar-refractivity contribution in [3.63, 3.8) is 0 Å². The molecule has 0 spiro atoms. The summed E-state index contributed by atoms with van der Waals surface area (Å²) in [6, 6.07) is 20.0. The number of nitrogens with zero attached hydrogens (tertiary/aromatic N) is 3. The lowest BCUT2D eigenvalue weighted by Crippen LogP contribution is -2.40. The first-order valence-electron chi connectivity index (χ1n) is 14.1. The third-order valence-electron chi connectivity index (χ3n) is 6.84. The summed E-state index contributed by atoms with van der Waals surface area (Å²) in [5, 5.41) is 11.0. The van der Waals surface area contributed by atoms with Gasteiger partial charge in [0.25, 0.3) is 11.2 Å². The van der Waals surface area contributed by atoms with Gasteiger partial charge in [0, 0.05) is 23.3 Å². The standard InChI is InChI=1S/C33H31N3O7S/c1-5-41-32(38)29-21(4)34-33-35(30(29)25-11-7-9-13-27(25)43-20(2)3)31(37)28(44-33)18-23-10-6-8-12-26(23)42-19-22-14-16-24(17-15-22)36(39)40/h6-18,20,30H,5,19H2,1-4H3/b28-18+/t30-/m0/s1. The van der Waals surface area contributed by atoms with Gasteiger partial charge in [0.1, 0.15) is 24.1 Å². The number of hydrogen-bond acceptors (Lipinski definition) is 9. The van der Waals surface area contributed by atoms with Crippen LogP contribution in [0.2, 0.25) is 0 Å². The van der Waals surface area contributed by atoms with E-state index in [1.807, 2.05) is 56.3 Å². The number of nitro groups is 1. The van der Waals surface area contributed by atoms with Crippen LogP contribution < -0.4 is 24.4 Å². The van der Waals surface area contributed by atoms with Gasteiger partial charge in [0.2, 0.25) is 0 Å². The SMILES string of the molecule is CCOC(=O)C1=C(C)N=c2s/c(=C/c3ccccc3OCc3ccc([N+](=O)[O-])cc3)c(=O)n2[C@H]1c1ccccc1OC(C)C. The number of carbonyl (C=O) groups excluding carboxylic acids is 1. The first-order valence-corrected chi connectivity index (χ1v) is 14.9. The first-order chi connectivity index (χ1) is 21.2. The fourth-order valence-electron chi connectivity index (χ4n) is 4.90. The van der Waals surface area contributed by atoms with Gasteiger partial charge in [-0.1, -0.05) is 47.7 Å². The van der Waals surface area contributed by atoms with E-state index in [-0.39, 0.29) is 36.1 Å². The zero-order chi connectivity index (χ0) is 31.4. The molecule has 1 aromatic heterocycles. The van der Waals surface area contributed by atoms with Gasteiger partial charge in [-0.15, -0.1) is 0 Å². The van der Waals surface area contributed by atoms with Crippen molar-refractivity contribution in [1.82, 2.24) is 4.57 Å². The van der Waals surface area contributed by atoms with Crippen LogP contribution in [0, 0.1) is 10.1 Å². The molecule has 0 unspecified atom stereocenters. The number of nitro benzene ring substituents is 1. The van der Waals surface area contributed by atoms with Gasteiger partial charge in [0.15, 0.2) is 4.80 Å². The molecule has 3 aromatic carbocycles. The van der Waals surface area contributed by atoms with Crippen molar-refractivity contribution >= 4 is 29.1 Å². The van der Waals surface area contributed by atoms with E-state index in [1.54, 1.807) is 38.1 Å². The number of ether oxygens (including phenoxy) is 3. The Morgan fingerprint density at radius 1 is 1.07 bits per heavy atom. The van der Waals surface area contributed by atoms with Crippen molar-refractivity contribution in [2.45, 2.75) is 46.4 Å². The minimum absolute atomic E-state index is 0.00238. The zero-order valence-corrected chi connectivity index (χ0v) is 25.5. The summed E-state index contributed by atoms with van der Waals surface area (Å²) in [5.41, 5.74) is 2.50. The molecule has 1 atom stereocenters. The minimum Gasteiger partial charge on any atom is -0.491 e. The van der Waals surface area contributed by atoms with E-state index >= 15 is 0 Å². The Kier molecular flexibility index (Phi) is 9.05. The van der Waals surface area contributed by atoms with E-state index in [4.69, 9.17) is 14.2 Å². The molecule has 0 radical (unpaired) electrons. The van der Waals surface area contributed by atoms with E-state index in [9.17, 15) is 19.7 Å². The van der Waals surface area contributed by atoms with Crippen LogP contribution in [-0.2, 0) is 16.1 Å². The molecule has 2 heterocycles. The summed E-state index contributed by atoms with van der Waals surface area (Å²) in [4.78, 5) is 43.0. The summed E-state index contributed by atoms with van der Waals surface area (Å²) in [6.07, 6.45) is 1.61. The average molecular weight is 614 g/mol. The molecule has 0 N–H and O–H groups in total. The molecule has 0 bridgehead atoms. The van der Waals surface area contributed by atoms with Gasteiger partial charge < -0.3 is 14.2 Å². The Balaban J connectivity index is 1.59. The van der Waals surface area contributed by atoms with Crippen LogP contribution in [0.15, 0.2) is 93.9 Å². The number of benzene rings is 3.